The maximum absolute atomic E-state index is 11.6. The summed E-state index contributed by atoms with van der Waals surface area (Å²) in [7, 11) is 0. The maximum atomic E-state index is 11.6. The van der Waals surface area contributed by atoms with Crippen LogP contribution in [0, 0.1) is 0 Å². The fourth-order valence-corrected chi connectivity index (χ4v) is 1.40. The fourth-order valence-electron chi connectivity index (χ4n) is 1.40. The van der Waals surface area contributed by atoms with Crippen molar-refractivity contribution in [1.82, 2.24) is 20.5 Å². The zero-order chi connectivity index (χ0) is 11.4. The molecule has 0 saturated carbocycles. The summed E-state index contributed by atoms with van der Waals surface area (Å²) in [6, 6.07) is 9.67. The molecule has 2 rings (SSSR count). The van der Waals surface area contributed by atoms with Crippen molar-refractivity contribution in [2.75, 3.05) is 0 Å². The van der Waals surface area contributed by atoms with Crippen LogP contribution in [0.5, 0.6) is 0 Å². The largest absolute Gasteiger partial charge is 0.343 e. The zero-order valence-corrected chi connectivity index (χ0v) is 8.84. The zero-order valence-electron chi connectivity index (χ0n) is 8.84. The van der Waals surface area contributed by atoms with Crippen LogP contribution >= 0.6 is 0 Å². The fraction of sp³-hybridized carbons (Fsp3) is 0.182. The van der Waals surface area contributed by atoms with Gasteiger partial charge in [0.15, 0.2) is 0 Å². The lowest BCUT2D eigenvalue weighted by molar-refractivity contribution is 0.0930. The normalized spacial score (nSPS) is 12.1. The molecule has 1 heterocycles. The molecule has 1 atom stereocenters. The van der Waals surface area contributed by atoms with Crippen molar-refractivity contribution in [3.8, 4) is 0 Å². The average Bonchev–Trinajstić information content (AvgIpc) is 2.83. The van der Waals surface area contributed by atoms with Crippen molar-refractivity contribution in [1.29, 1.82) is 0 Å². The van der Waals surface area contributed by atoms with Crippen LogP contribution in [0.2, 0.25) is 0 Å². The minimum absolute atomic E-state index is 0.0628. The number of amides is 1. The Balaban J connectivity index is 2.03. The van der Waals surface area contributed by atoms with Crippen LogP contribution in [-0.2, 0) is 0 Å². The highest BCUT2D eigenvalue weighted by Gasteiger charge is 2.13. The number of rotatable bonds is 3. The highest BCUT2D eigenvalue weighted by Crippen LogP contribution is 2.11. The van der Waals surface area contributed by atoms with Gasteiger partial charge in [0.05, 0.1) is 6.04 Å². The van der Waals surface area contributed by atoms with Crippen molar-refractivity contribution < 1.29 is 4.79 Å². The lowest BCUT2D eigenvalue weighted by Gasteiger charge is -2.12. The Bertz CT molecular complexity index is 452. The van der Waals surface area contributed by atoms with Crippen molar-refractivity contribution in [3.63, 3.8) is 0 Å². The number of carbonyl (C=O) groups excluding carboxylic acids is 1. The molecule has 1 aromatic carbocycles. The first-order chi connectivity index (χ1) is 7.77. The molecule has 5 heteroatoms. The molecule has 2 N–H and O–H groups in total. The summed E-state index contributed by atoms with van der Waals surface area (Å²) in [5.41, 5.74) is 1.05. The molecule has 1 amide bonds. The van der Waals surface area contributed by atoms with Gasteiger partial charge in [-0.25, -0.2) is 4.98 Å². The van der Waals surface area contributed by atoms with Gasteiger partial charge in [0.1, 0.15) is 6.33 Å². The number of nitrogens with one attached hydrogen (secondary N) is 2. The Morgan fingerprint density at radius 1 is 1.38 bits per heavy atom. The average molecular weight is 216 g/mol. The second-order valence-corrected chi connectivity index (χ2v) is 3.43. The Morgan fingerprint density at radius 3 is 2.75 bits per heavy atom. The van der Waals surface area contributed by atoms with Crippen LogP contribution in [0.3, 0.4) is 0 Å². The summed E-state index contributed by atoms with van der Waals surface area (Å²) >= 11 is 0. The smallest absolute Gasteiger partial charge is 0.291 e. The summed E-state index contributed by atoms with van der Waals surface area (Å²) in [5, 5.41) is 9.03. The molecule has 0 bridgehead atoms. The second kappa shape index (κ2) is 4.57. The van der Waals surface area contributed by atoms with Crippen LogP contribution in [0.4, 0.5) is 0 Å². The molecule has 0 radical (unpaired) electrons. The molecular weight excluding hydrogens is 204 g/mol. The van der Waals surface area contributed by atoms with Crippen LogP contribution in [0.25, 0.3) is 0 Å². The third kappa shape index (κ3) is 2.25. The van der Waals surface area contributed by atoms with Gasteiger partial charge in [-0.15, -0.1) is 5.10 Å². The standard InChI is InChI=1S/C11H12N4O/c1-8(9-5-3-2-4-6-9)14-11(16)10-12-7-13-15-10/h2-8H,1H3,(H,14,16)(H,12,13,15). The van der Waals surface area contributed by atoms with Crippen LogP contribution < -0.4 is 5.32 Å². The Hall–Kier alpha value is -2.17. The van der Waals surface area contributed by atoms with E-state index in [1.807, 2.05) is 37.3 Å². The Labute approximate surface area is 92.9 Å². The van der Waals surface area contributed by atoms with Crippen LogP contribution in [0.1, 0.15) is 29.1 Å². The number of nitrogens with zero attached hydrogens (tertiary/aromatic N) is 2. The number of H-pyrrole nitrogens is 1. The number of hydrogen-bond donors (Lipinski definition) is 2. The van der Waals surface area contributed by atoms with E-state index in [1.165, 1.54) is 6.33 Å². The summed E-state index contributed by atoms with van der Waals surface area (Å²) < 4.78 is 0. The highest BCUT2D eigenvalue weighted by molar-refractivity contribution is 5.90. The summed E-state index contributed by atoms with van der Waals surface area (Å²) in [5.74, 6) is -0.125. The van der Waals surface area contributed by atoms with Gasteiger partial charge < -0.3 is 5.32 Å². The lowest BCUT2D eigenvalue weighted by atomic mass is 10.1. The lowest BCUT2D eigenvalue weighted by Crippen LogP contribution is -2.27. The van der Waals surface area contributed by atoms with E-state index in [9.17, 15) is 4.79 Å². The first-order valence-corrected chi connectivity index (χ1v) is 4.99. The Morgan fingerprint density at radius 2 is 2.12 bits per heavy atom. The molecule has 0 aliphatic rings. The van der Waals surface area contributed by atoms with Gasteiger partial charge in [0.25, 0.3) is 5.91 Å². The third-order valence-corrected chi connectivity index (χ3v) is 2.27. The molecule has 0 aliphatic carbocycles. The maximum Gasteiger partial charge on any atom is 0.291 e. The minimum Gasteiger partial charge on any atom is -0.343 e. The first-order valence-electron chi connectivity index (χ1n) is 4.99. The minimum atomic E-state index is -0.280. The topological polar surface area (TPSA) is 70.7 Å². The molecule has 82 valence electrons. The highest BCUT2D eigenvalue weighted by atomic mass is 16.2. The van der Waals surface area contributed by atoms with E-state index < -0.39 is 0 Å². The SMILES string of the molecule is CC(NC(=O)c1nc[nH]n1)c1ccccc1. The van der Waals surface area contributed by atoms with E-state index in [1.54, 1.807) is 0 Å². The van der Waals surface area contributed by atoms with Crippen molar-refractivity contribution in [2.45, 2.75) is 13.0 Å². The quantitative estimate of drug-likeness (QED) is 0.812. The summed E-state index contributed by atoms with van der Waals surface area (Å²) in [6.45, 7) is 1.92. The third-order valence-electron chi connectivity index (χ3n) is 2.27. The van der Waals surface area contributed by atoms with E-state index in [0.29, 0.717) is 0 Å². The van der Waals surface area contributed by atoms with E-state index in [-0.39, 0.29) is 17.8 Å². The van der Waals surface area contributed by atoms with E-state index >= 15 is 0 Å². The van der Waals surface area contributed by atoms with Gasteiger partial charge in [-0.3, -0.25) is 9.89 Å². The molecule has 1 aromatic heterocycles. The second-order valence-electron chi connectivity index (χ2n) is 3.43. The van der Waals surface area contributed by atoms with Crippen molar-refractivity contribution >= 4 is 5.91 Å². The van der Waals surface area contributed by atoms with Gasteiger partial charge in [-0.05, 0) is 12.5 Å². The molecule has 5 nitrogen and oxygen atoms in total. The summed E-state index contributed by atoms with van der Waals surface area (Å²) in [6.07, 6.45) is 1.38. The molecule has 16 heavy (non-hydrogen) atoms. The first kappa shape index (κ1) is 10.4. The molecule has 0 saturated heterocycles. The predicted molar refractivity (Wildman–Crippen MR) is 58.7 cm³/mol. The van der Waals surface area contributed by atoms with Gasteiger partial charge in [0, 0.05) is 0 Å². The number of carbonyl (C=O) groups is 1. The molecular formula is C11H12N4O. The van der Waals surface area contributed by atoms with Crippen LogP contribution in [-0.4, -0.2) is 21.1 Å². The van der Waals surface area contributed by atoms with Crippen LogP contribution in [0.15, 0.2) is 36.7 Å². The van der Waals surface area contributed by atoms with Crippen molar-refractivity contribution in [2.24, 2.45) is 0 Å². The number of aromatic nitrogens is 3. The molecule has 0 aliphatic heterocycles. The number of aromatic amines is 1. The van der Waals surface area contributed by atoms with Gasteiger partial charge in [0.2, 0.25) is 5.82 Å². The Kier molecular flexibility index (Phi) is 2.95. The molecule has 0 spiro atoms. The van der Waals surface area contributed by atoms with Gasteiger partial charge in [-0.2, -0.15) is 0 Å². The van der Waals surface area contributed by atoms with E-state index in [2.05, 4.69) is 20.5 Å². The van der Waals surface area contributed by atoms with Crippen molar-refractivity contribution in [3.05, 3.63) is 48.0 Å². The monoisotopic (exact) mass is 216 g/mol. The summed E-state index contributed by atoms with van der Waals surface area (Å²) in [4.78, 5) is 15.4. The van der Waals surface area contributed by atoms with Gasteiger partial charge >= 0.3 is 0 Å². The predicted octanol–water partition coefficient (Wildman–Crippen LogP) is 1.30. The number of benzene rings is 1. The van der Waals surface area contributed by atoms with Gasteiger partial charge in [-0.1, -0.05) is 30.3 Å². The van der Waals surface area contributed by atoms with E-state index in [0.717, 1.165) is 5.56 Å². The number of hydrogen-bond acceptors (Lipinski definition) is 3. The molecule has 0 fully saturated rings. The molecule has 2 aromatic rings. The molecule has 1 unspecified atom stereocenters. The van der Waals surface area contributed by atoms with E-state index in [4.69, 9.17) is 0 Å².